The van der Waals surface area contributed by atoms with E-state index in [4.69, 9.17) is 5.11 Å². The molecule has 2 heteroatoms. The van der Waals surface area contributed by atoms with Crippen LogP contribution in [0.25, 0.3) is 0 Å². The maximum Gasteiger partial charge on any atom is 0.0584 e. The molecule has 2 atom stereocenters. The summed E-state index contributed by atoms with van der Waals surface area (Å²) in [6, 6.07) is 0.295. The fraction of sp³-hybridized carbons (Fsp3) is 1.00. The van der Waals surface area contributed by atoms with Gasteiger partial charge in [-0.2, -0.15) is 0 Å². The van der Waals surface area contributed by atoms with Gasteiger partial charge >= 0.3 is 0 Å². The Morgan fingerprint density at radius 2 is 1.91 bits per heavy atom. The lowest BCUT2D eigenvalue weighted by Crippen LogP contribution is -2.34. The molecular formula is C9H21NO. The van der Waals surface area contributed by atoms with E-state index in [-0.39, 0.29) is 6.61 Å². The summed E-state index contributed by atoms with van der Waals surface area (Å²) in [5.41, 5.74) is 0. The summed E-state index contributed by atoms with van der Waals surface area (Å²) >= 11 is 0. The SMILES string of the molecule is CCC(C)CN[C@H](CC)CO. The van der Waals surface area contributed by atoms with Gasteiger partial charge in [-0.25, -0.2) is 0 Å². The van der Waals surface area contributed by atoms with E-state index in [0.29, 0.717) is 6.04 Å². The first-order valence-electron chi connectivity index (χ1n) is 4.58. The van der Waals surface area contributed by atoms with Gasteiger partial charge in [0, 0.05) is 6.04 Å². The third-order valence-corrected chi connectivity index (χ3v) is 2.17. The molecule has 0 fully saturated rings. The molecule has 0 aromatic carbocycles. The Bertz CT molecular complexity index is 81.6. The second-order valence-electron chi connectivity index (χ2n) is 3.21. The number of aliphatic hydroxyl groups is 1. The zero-order chi connectivity index (χ0) is 8.69. The number of rotatable bonds is 6. The van der Waals surface area contributed by atoms with Crippen molar-refractivity contribution >= 4 is 0 Å². The van der Waals surface area contributed by atoms with Crippen LogP contribution in [0.2, 0.25) is 0 Å². The molecule has 1 unspecified atom stereocenters. The summed E-state index contributed by atoms with van der Waals surface area (Å²) in [6.45, 7) is 7.77. The molecule has 0 aliphatic carbocycles. The van der Waals surface area contributed by atoms with Gasteiger partial charge < -0.3 is 10.4 Å². The van der Waals surface area contributed by atoms with Crippen LogP contribution in [0.3, 0.4) is 0 Å². The molecule has 2 N–H and O–H groups in total. The monoisotopic (exact) mass is 159 g/mol. The van der Waals surface area contributed by atoms with Crippen LogP contribution in [0.1, 0.15) is 33.6 Å². The van der Waals surface area contributed by atoms with Gasteiger partial charge in [-0.1, -0.05) is 27.2 Å². The largest absolute Gasteiger partial charge is 0.395 e. The maximum absolute atomic E-state index is 8.85. The number of hydrogen-bond acceptors (Lipinski definition) is 2. The molecule has 0 rings (SSSR count). The van der Waals surface area contributed by atoms with E-state index in [1.807, 2.05) is 0 Å². The number of hydrogen-bond donors (Lipinski definition) is 2. The van der Waals surface area contributed by atoms with Crippen molar-refractivity contribution in [1.82, 2.24) is 5.32 Å². The van der Waals surface area contributed by atoms with Crippen LogP contribution >= 0.6 is 0 Å². The highest BCUT2D eigenvalue weighted by Crippen LogP contribution is 1.99. The standard InChI is InChI=1S/C9H21NO/c1-4-8(3)6-10-9(5-2)7-11/h8-11H,4-7H2,1-3H3/t8?,9-/m1/s1. The van der Waals surface area contributed by atoms with Crippen LogP contribution < -0.4 is 5.32 Å². The minimum absolute atomic E-state index is 0.257. The molecular weight excluding hydrogens is 138 g/mol. The van der Waals surface area contributed by atoms with Crippen LogP contribution in [0.4, 0.5) is 0 Å². The zero-order valence-electron chi connectivity index (χ0n) is 7.93. The molecule has 0 aromatic rings. The molecule has 0 aliphatic heterocycles. The molecule has 0 bridgehead atoms. The van der Waals surface area contributed by atoms with Crippen LogP contribution in [0, 0.1) is 5.92 Å². The molecule has 0 radical (unpaired) electrons. The quantitative estimate of drug-likeness (QED) is 0.614. The van der Waals surface area contributed by atoms with Crippen LogP contribution in [-0.4, -0.2) is 24.3 Å². The lowest BCUT2D eigenvalue weighted by Gasteiger charge is -2.16. The van der Waals surface area contributed by atoms with Gasteiger partial charge in [0.2, 0.25) is 0 Å². The van der Waals surface area contributed by atoms with Gasteiger partial charge in [0.05, 0.1) is 6.61 Å². The Hall–Kier alpha value is -0.0800. The first-order chi connectivity index (χ1) is 5.24. The average molecular weight is 159 g/mol. The first-order valence-corrected chi connectivity index (χ1v) is 4.58. The van der Waals surface area contributed by atoms with E-state index in [1.54, 1.807) is 0 Å². The second kappa shape index (κ2) is 6.62. The smallest absolute Gasteiger partial charge is 0.0584 e. The molecule has 0 saturated heterocycles. The van der Waals surface area contributed by atoms with Gasteiger partial charge in [-0.3, -0.25) is 0 Å². The Labute approximate surface area is 70.0 Å². The summed E-state index contributed by atoms with van der Waals surface area (Å²) in [5, 5.41) is 12.2. The number of aliphatic hydroxyl groups excluding tert-OH is 1. The summed E-state index contributed by atoms with van der Waals surface area (Å²) in [6.07, 6.45) is 2.21. The van der Waals surface area contributed by atoms with Crippen molar-refractivity contribution in [3.63, 3.8) is 0 Å². The van der Waals surface area contributed by atoms with Crippen molar-refractivity contribution in [2.24, 2.45) is 5.92 Å². The van der Waals surface area contributed by atoms with Gasteiger partial charge in [-0.15, -0.1) is 0 Å². The van der Waals surface area contributed by atoms with Gasteiger partial charge in [0.1, 0.15) is 0 Å². The highest BCUT2D eigenvalue weighted by molar-refractivity contribution is 4.64. The Kier molecular flexibility index (Phi) is 6.57. The second-order valence-corrected chi connectivity index (χ2v) is 3.21. The molecule has 0 amide bonds. The maximum atomic E-state index is 8.85. The van der Waals surface area contributed by atoms with Crippen molar-refractivity contribution in [3.05, 3.63) is 0 Å². The minimum atomic E-state index is 0.257. The highest BCUT2D eigenvalue weighted by atomic mass is 16.3. The van der Waals surface area contributed by atoms with Crippen LogP contribution in [0.5, 0.6) is 0 Å². The molecule has 0 saturated carbocycles. The predicted octanol–water partition coefficient (Wildman–Crippen LogP) is 1.39. The molecule has 2 nitrogen and oxygen atoms in total. The normalized spacial score (nSPS) is 16.4. The molecule has 0 spiro atoms. The van der Waals surface area contributed by atoms with Crippen molar-refractivity contribution in [2.45, 2.75) is 39.7 Å². The van der Waals surface area contributed by atoms with Gasteiger partial charge in [-0.05, 0) is 18.9 Å². The van der Waals surface area contributed by atoms with Crippen molar-refractivity contribution in [2.75, 3.05) is 13.2 Å². The Morgan fingerprint density at radius 3 is 2.27 bits per heavy atom. The molecule has 0 aromatic heterocycles. The van der Waals surface area contributed by atoms with Crippen LogP contribution in [-0.2, 0) is 0 Å². The fourth-order valence-corrected chi connectivity index (χ4v) is 0.850. The van der Waals surface area contributed by atoms with E-state index >= 15 is 0 Å². The molecule has 0 aliphatic rings. The number of nitrogens with one attached hydrogen (secondary N) is 1. The summed E-state index contributed by atoms with van der Waals surface area (Å²) in [5.74, 6) is 0.718. The van der Waals surface area contributed by atoms with E-state index in [9.17, 15) is 0 Å². The van der Waals surface area contributed by atoms with Crippen molar-refractivity contribution in [3.8, 4) is 0 Å². The predicted molar refractivity (Wildman–Crippen MR) is 48.6 cm³/mol. The van der Waals surface area contributed by atoms with Gasteiger partial charge in [0.25, 0.3) is 0 Å². The van der Waals surface area contributed by atoms with Crippen molar-refractivity contribution in [1.29, 1.82) is 0 Å². The van der Waals surface area contributed by atoms with E-state index in [2.05, 4.69) is 26.1 Å². The minimum Gasteiger partial charge on any atom is -0.395 e. The summed E-state index contributed by atoms with van der Waals surface area (Å²) in [4.78, 5) is 0. The molecule has 68 valence electrons. The summed E-state index contributed by atoms with van der Waals surface area (Å²) < 4.78 is 0. The lowest BCUT2D eigenvalue weighted by atomic mass is 10.1. The Balaban J connectivity index is 3.34. The highest BCUT2D eigenvalue weighted by Gasteiger charge is 2.04. The van der Waals surface area contributed by atoms with Crippen LogP contribution in [0.15, 0.2) is 0 Å². The summed E-state index contributed by atoms with van der Waals surface area (Å²) in [7, 11) is 0. The molecule has 0 heterocycles. The topological polar surface area (TPSA) is 32.3 Å². The third-order valence-electron chi connectivity index (χ3n) is 2.17. The van der Waals surface area contributed by atoms with E-state index in [1.165, 1.54) is 6.42 Å². The Morgan fingerprint density at radius 1 is 1.27 bits per heavy atom. The fourth-order valence-electron chi connectivity index (χ4n) is 0.850. The zero-order valence-corrected chi connectivity index (χ0v) is 7.93. The third kappa shape index (κ3) is 5.22. The van der Waals surface area contributed by atoms with Gasteiger partial charge in [0.15, 0.2) is 0 Å². The van der Waals surface area contributed by atoms with Crippen molar-refractivity contribution < 1.29 is 5.11 Å². The van der Waals surface area contributed by atoms with E-state index < -0.39 is 0 Å². The lowest BCUT2D eigenvalue weighted by molar-refractivity contribution is 0.234. The first kappa shape index (κ1) is 10.9. The van der Waals surface area contributed by atoms with E-state index in [0.717, 1.165) is 18.9 Å². The average Bonchev–Trinajstić information content (AvgIpc) is 2.06. The molecule has 11 heavy (non-hydrogen) atoms.